The lowest BCUT2D eigenvalue weighted by molar-refractivity contribution is -0.142. The Kier molecular flexibility index (Phi) is 8.70. The van der Waals surface area contributed by atoms with E-state index in [0.717, 1.165) is 5.56 Å². The number of sulfonamides is 1. The van der Waals surface area contributed by atoms with Crippen molar-refractivity contribution in [1.82, 2.24) is 4.31 Å². The molecule has 0 N–H and O–H groups in total. The molecule has 35 heavy (non-hydrogen) atoms. The second-order valence-corrected chi connectivity index (χ2v) is 11.1. The Labute approximate surface area is 207 Å². The Morgan fingerprint density at radius 3 is 2.23 bits per heavy atom. The molecule has 0 amide bonds. The topological polar surface area (TPSA) is 90.0 Å². The van der Waals surface area contributed by atoms with Crippen LogP contribution < -0.4 is 0 Å². The Morgan fingerprint density at radius 2 is 1.57 bits per heavy atom. The molecule has 1 saturated carbocycles. The molecule has 4 rings (SSSR count). The maximum Gasteiger partial charge on any atom is 0.306 e. The second-order valence-electron chi connectivity index (χ2n) is 9.20. The van der Waals surface area contributed by atoms with Crippen LogP contribution in [-0.4, -0.2) is 57.4 Å². The summed E-state index contributed by atoms with van der Waals surface area (Å²) in [5.74, 6) is -0.0901. The highest BCUT2D eigenvalue weighted by Crippen LogP contribution is 2.32. The molecule has 1 saturated heterocycles. The SMILES string of the molecule is O=C(CCc1ccc(S(=O)(=O)N2CCOCC2)cc1)OCC(=O)c1ccc(C2CCCCC2)cc1. The first-order valence-corrected chi connectivity index (χ1v) is 13.8. The molecule has 188 valence electrons. The lowest BCUT2D eigenvalue weighted by Gasteiger charge is -2.26. The minimum atomic E-state index is -3.54. The van der Waals surface area contributed by atoms with Crippen LogP contribution in [0.2, 0.25) is 0 Å². The van der Waals surface area contributed by atoms with E-state index in [1.807, 2.05) is 24.3 Å². The van der Waals surface area contributed by atoms with E-state index in [1.165, 1.54) is 42.0 Å². The van der Waals surface area contributed by atoms with Crippen LogP contribution in [0.15, 0.2) is 53.4 Å². The highest BCUT2D eigenvalue weighted by molar-refractivity contribution is 7.89. The van der Waals surface area contributed by atoms with Crippen LogP contribution in [0.5, 0.6) is 0 Å². The van der Waals surface area contributed by atoms with Gasteiger partial charge in [0, 0.05) is 25.1 Å². The molecule has 2 aromatic rings. The van der Waals surface area contributed by atoms with Gasteiger partial charge in [-0.1, -0.05) is 55.7 Å². The van der Waals surface area contributed by atoms with Crippen molar-refractivity contribution >= 4 is 21.8 Å². The molecule has 8 heteroatoms. The van der Waals surface area contributed by atoms with E-state index >= 15 is 0 Å². The van der Waals surface area contributed by atoms with Gasteiger partial charge in [-0.25, -0.2) is 8.42 Å². The molecule has 1 heterocycles. The van der Waals surface area contributed by atoms with E-state index in [2.05, 4.69) is 0 Å². The summed E-state index contributed by atoms with van der Waals surface area (Å²) in [5, 5.41) is 0. The molecule has 0 aromatic heterocycles. The largest absolute Gasteiger partial charge is 0.457 e. The number of morpholine rings is 1. The molecule has 2 aliphatic rings. The van der Waals surface area contributed by atoms with Gasteiger partial charge in [-0.3, -0.25) is 9.59 Å². The predicted octanol–water partition coefficient (Wildman–Crippen LogP) is 4.11. The van der Waals surface area contributed by atoms with Crippen molar-refractivity contribution < 1.29 is 27.5 Å². The Balaban J connectivity index is 1.22. The van der Waals surface area contributed by atoms with Crippen LogP contribution in [0.4, 0.5) is 0 Å². The predicted molar refractivity (Wildman–Crippen MR) is 132 cm³/mol. The summed E-state index contributed by atoms with van der Waals surface area (Å²) < 4.78 is 37.2. The summed E-state index contributed by atoms with van der Waals surface area (Å²) in [5.41, 5.74) is 2.66. The van der Waals surface area contributed by atoms with Crippen LogP contribution in [0, 0.1) is 0 Å². The number of esters is 1. The Hall–Kier alpha value is -2.55. The fraction of sp³-hybridized carbons (Fsp3) is 0.481. The van der Waals surface area contributed by atoms with Crippen molar-refractivity contribution in [3.8, 4) is 0 Å². The number of hydrogen-bond acceptors (Lipinski definition) is 6. The van der Waals surface area contributed by atoms with Gasteiger partial charge >= 0.3 is 5.97 Å². The van der Waals surface area contributed by atoms with Crippen molar-refractivity contribution in [3.05, 3.63) is 65.2 Å². The molecule has 1 aliphatic heterocycles. The van der Waals surface area contributed by atoms with Gasteiger partial charge < -0.3 is 9.47 Å². The van der Waals surface area contributed by atoms with Gasteiger partial charge in [0.2, 0.25) is 10.0 Å². The van der Waals surface area contributed by atoms with Crippen molar-refractivity contribution in [2.75, 3.05) is 32.9 Å². The average molecular weight is 500 g/mol. The molecule has 0 unspecified atom stereocenters. The smallest absolute Gasteiger partial charge is 0.306 e. The lowest BCUT2D eigenvalue weighted by atomic mass is 9.84. The standard InChI is InChI=1S/C27H33NO6S/c29-26(24-11-9-23(10-12-24)22-4-2-1-3-5-22)20-34-27(30)15-8-21-6-13-25(14-7-21)35(31,32)28-16-18-33-19-17-28/h6-7,9-14,22H,1-5,8,15-20H2. The van der Waals surface area contributed by atoms with Crippen LogP contribution in [0.25, 0.3) is 0 Å². The summed E-state index contributed by atoms with van der Waals surface area (Å²) in [6, 6.07) is 14.2. The van der Waals surface area contributed by atoms with E-state index in [4.69, 9.17) is 9.47 Å². The molecule has 0 atom stereocenters. The van der Waals surface area contributed by atoms with Crippen LogP contribution in [0.1, 0.15) is 65.9 Å². The molecule has 0 bridgehead atoms. The third kappa shape index (κ3) is 6.78. The highest BCUT2D eigenvalue weighted by atomic mass is 32.2. The molecule has 2 aromatic carbocycles. The number of carbonyl (C=O) groups excluding carboxylic acids is 2. The number of carbonyl (C=O) groups is 2. The van der Waals surface area contributed by atoms with Crippen molar-refractivity contribution in [1.29, 1.82) is 0 Å². The summed E-state index contributed by atoms with van der Waals surface area (Å²) in [6.07, 6.45) is 6.76. The molecule has 1 aliphatic carbocycles. The van der Waals surface area contributed by atoms with E-state index in [9.17, 15) is 18.0 Å². The monoisotopic (exact) mass is 499 g/mol. The summed E-state index contributed by atoms with van der Waals surface area (Å²) in [7, 11) is -3.54. The highest BCUT2D eigenvalue weighted by Gasteiger charge is 2.26. The third-order valence-corrected chi connectivity index (χ3v) is 8.74. The zero-order chi connectivity index (χ0) is 24.7. The van der Waals surface area contributed by atoms with E-state index in [0.29, 0.717) is 44.2 Å². The first kappa shape index (κ1) is 25.5. The second kappa shape index (κ2) is 11.9. The van der Waals surface area contributed by atoms with Gasteiger partial charge in [0.15, 0.2) is 12.4 Å². The summed E-state index contributed by atoms with van der Waals surface area (Å²) in [6.45, 7) is 1.21. The normalized spacial score (nSPS) is 17.7. The van der Waals surface area contributed by atoms with Gasteiger partial charge in [-0.15, -0.1) is 0 Å². The Bertz CT molecular complexity index is 1100. The number of ether oxygens (including phenoxy) is 2. The van der Waals surface area contributed by atoms with Crippen LogP contribution in [-0.2, 0) is 30.7 Å². The van der Waals surface area contributed by atoms with Gasteiger partial charge in [-0.05, 0) is 48.4 Å². The number of benzene rings is 2. The number of nitrogens with zero attached hydrogens (tertiary/aromatic N) is 1. The van der Waals surface area contributed by atoms with Crippen LogP contribution >= 0.6 is 0 Å². The summed E-state index contributed by atoms with van der Waals surface area (Å²) in [4.78, 5) is 24.8. The van der Waals surface area contributed by atoms with Crippen molar-refractivity contribution in [3.63, 3.8) is 0 Å². The van der Waals surface area contributed by atoms with Gasteiger partial charge in [0.25, 0.3) is 0 Å². The Morgan fingerprint density at radius 1 is 0.914 bits per heavy atom. The number of aryl methyl sites for hydroxylation is 1. The molecular weight excluding hydrogens is 466 g/mol. The summed E-state index contributed by atoms with van der Waals surface area (Å²) >= 11 is 0. The molecule has 2 fully saturated rings. The average Bonchev–Trinajstić information content (AvgIpc) is 2.92. The number of hydrogen-bond donors (Lipinski definition) is 0. The quantitative estimate of drug-likeness (QED) is 0.381. The fourth-order valence-corrected chi connectivity index (χ4v) is 6.10. The van der Waals surface area contributed by atoms with Gasteiger partial charge in [-0.2, -0.15) is 4.31 Å². The first-order valence-electron chi connectivity index (χ1n) is 12.4. The van der Waals surface area contributed by atoms with E-state index in [-0.39, 0.29) is 23.7 Å². The minimum Gasteiger partial charge on any atom is -0.457 e. The maximum atomic E-state index is 12.7. The van der Waals surface area contributed by atoms with Crippen LogP contribution in [0.3, 0.4) is 0 Å². The molecule has 0 radical (unpaired) electrons. The van der Waals surface area contributed by atoms with Crippen molar-refractivity contribution in [2.24, 2.45) is 0 Å². The van der Waals surface area contributed by atoms with E-state index < -0.39 is 16.0 Å². The lowest BCUT2D eigenvalue weighted by Crippen LogP contribution is -2.40. The van der Waals surface area contributed by atoms with E-state index in [1.54, 1.807) is 24.3 Å². The minimum absolute atomic E-state index is 0.115. The molecule has 7 nitrogen and oxygen atoms in total. The third-order valence-electron chi connectivity index (χ3n) is 6.82. The number of rotatable bonds is 9. The molecule has 0 spiro atoms. The fourth-order valence-electron chi connectivity index (χ4n) is 4.69. The molecular formula is C27H33NO6S. The number of Topliss-reactive ketones (excluding diaryl/α,β-unsaturated/α-hetero) is 1. The maximum absolute atomic E-state index is 12.7. The zero-order valence-electron chi connectivity index (χ0n) is 20.0. The van der Waals surface area contributed by atoms with Crippen molar-refractivity contribution in [2.45, 2.75) is 55.8 Å². The first-order chi connectivity index (χ1) is 16.9. The van der Waals surface area contributed by atoms with Gasteiger partial charge in [0.05, 0.1) is 18.1 Å². The number of ketones is 1. The van der Waals surface area contributed by atoms with Gasteiger partial charge in [0.1, 0.15) is 0 Å². The zero-order valence-corrected chi connectivity index (χ0v) is 20.8.